The van der Waals surface area contributed by atoms with Crippen molar-refractivity contribution < 1.29 is 9.59 Å². The first-order valence-electron chi connectivity index (χ1n) is 8.42. The number of fused-ring (bicyclic) bond motifs is 1. The quantitative estimate of drug-likeness (QED) is 0.805. The van der Waals surface area contributed by atoms with Gasteiger partial charge in [-0.1, -0.05) is 6.58 Å². The Hall–Kier alpha value is -2.89. The fraction of sp³-hybridized carbons (Fsp3) is 0.316. The maximum atomic E-state index is 12.9. The van der Waals surface area contributed by atoms with E-state index in [9.17, 15) is 9.59 Å². The van der Waals surface area contributed by atoms with Crippen molar-refractivity contribution in [2.75, 3.05) is 22.9 Å². The number of hydrogen-bond acceptors (Lipinski definition) is 3. The average molecular weight is 338 g/mol. The molecule has 2 heterocycles. The Morgan fingerprint density at radius 3 is 2.84 bits per heavy atom. The topological polar surface area (TPSA) is 58.4 Å². The zero-order chi connectivity index (χ0) is 18.0. The average Bonchev–Trinajstić information content (AvgIpc) is 3.06. The summed E-state index contributed by atoms with van der Waals surface area (Å²) in [5, 5.41) is 4.14. The second-order valence-corrected chi connectivity index (χ2v) is 6.06. The van der Waals surface area contributed by atoms with Crippen LogP contribution in [-0.2, 0) is 18.3 Å². The van der Waals surface area contributed by atoms with E-state index in [1.54, 1.807) is 26.7 Å². The van der Waals surface area contributed by atoms with Crippen LogP contribution < -0.4 is 9.80 Å². The number of hydrogen-bond donors (Lipinski definition) is 0. The summed E-state index contributed by atoms with van der Waals surface area (Å²) in [6.45, 7) is 6.74. The molecule has 0 saturated carbocycles. The van der Waals surface area contributed by atoms with Crippen molar-refractivity contribution >= 4 is 23.2 Å². The summed E-state index contributed by atoms with van der Waals surface area (Å²) in [7, 11) is 1.83. The van der Waals surface area contributed by atoms with E-state index in [-0.39, 0.29) is 11.8 Å². The van der Waals surface area contributed by atoms with Crippen molar-refractivity contribution in [3.05, 3.63) is 54.4 Å². The van der Waals surface area contributed by atoms with Crippen LogP contribution in [-0.4, -0.2) is 34.7 Å². The highest BCUT2D eigenvalue weighted by molar-refractivity contribution is 6.07. The van der Waals surface area contributed by atoms with E-state index in [0.29, 0.717) is 18.7 Å². The molecule has 0 bridgehead atoms. The van der Waals surface area contributed by atoms with Crippen molar-refractivity contribution in [2.24, 2.45) is 7.05 Å². The summed E-state index contributed by atoms with van der Waals surface area (Å²) in [6.07, 6.45) is 6.57. The number of rotatable bonds is 4. The minimum absolute atomic E-state index is 0.0644. The highest BCUT2D eigenvalue weighted by Gasteiger charge is 2.23. The lowest BCUT2D eigenvalue weighted by Gasteiger charge is -2.29. The largest absolute Gasteiger partial charge is 0.309 e. The molecule has 2 amide bonds. The van der Waals surface area contributed by atoms with Crippen LogP contribution >= 0.6 is 0 Å². The molecule has 3 rings (SSSR count). The number of carbonyl (C=O) groups is 2. The van der Waals surface area contributed by atoms with E-state index in [0.717, 1.165) is 29.8 Å². The van der Waals surface area contributed by atoms with Crippen LogP contribution in [0.3, 0.4) is 0 Å². The van der Waals surface area contributed by atoms with Gasteiger partial charge in [0.05, 0.1) is 11.9 Å². The van der Waals surface area contributed by atoms with E-state index < -0.39 is 0 Å². The van der Waals surface area contributed by atoms with Gasteiger partial charge in [0.15, 0.2) is 0 Å². The monoisotopic (exact) mass is 338 g/mol. The Balaban J connectivity index is 1.92. The second-order valence-electron chi connectivity index (χ2n) is 6.06. The second kappa shape index (κ2) is 6.93. The molecule has 0 radical (unpaired) electrons. The first-order valence-corrected chi connectivity index (χ1v) is 8.42. The van der Waals surface area contributed by atoms with Crippen LogP contribution in [0.1, 0.15) is 29.3 Å². The van der Waals surface area contributed by atoms with Gasteiger partial charge in [-0.05, 0) is 49.6 Å². The summed E-state index contributed by atoms with van der Waals surface area (Å²) in [5.74, 6) is -0.170. The molecule has 1 aromatic heterocycles. The number of aromatic nitrogens is 2. The number of benzene rings is 1. The first kappa shape index (κ1) is 17.0. The molecule has 1 aliphatic rings. The smallest absolute Gasteiger partial charge is 0.258 e. The lowest BCUT2D eigenvalue weighted by atomic mass is 9.98. The highest BCUT2D eigenvalue weighted by Crippen LogP contribution is 2.29. The summed E-state index contributed by atoms with van der Waals surface area (Å²) < 4.78 is 1.68. The van der Waals surface area contributed by atoms with Gasteiger partial charge in [-0.15, -0.1) is 0 Å². The molecule has 6 heteroatoms. The lowest BCUT2D eigenvalue weighted by Crippen LogP contribution is -2.35. The van der Waals surface area contributed by atoms with Crippen molar-refractivity contribution in [3.63, 3.8) is 0 Å². The van der Waals surface area contributed by atoms with Gasteiger partial charge >= 0.3 is 0 Å². The maximum Gasteiger partial charge on any atom is 0.258 e. The molecule has 25 heavy (non-hydrogen) atoms. The van der Waals surface area contributed by atoms with Gasteiger partial charge in [0.2, 0.25) is 5.91 Å². The molecule has 0 spiro atoms. The van der Waals surface area contributed by atoms with E-state index in [1.807, 2.05) is 32.3 Å². The summed E-state index contributed by atoms with van der Waals surface area (Å²) in [6, 6.07) is 5.55. The highest BCUT2D eigenvalue weighted by atomic mass is 16.2. The fourth-order valence-electron chi connectivity index (χ4n) is 3.22. The zero-order valence-corrected chi connectivity index (χ0v) is 14.6. The predicted molar refractivity (Wildman–Crippen MR) is 97.9 cm³/mol. The third-order valence-corrected chi connectivity index (χ3v) is 4.45. The van der Waals surface area contributed by atoms with Crippen molar-refractivity contribution in [2.45, 2.75) is 19.8 Å². The van der Waals surface area contributed by atoms with Gasteiger partial charge in [0.1, 0.15) is 0 Å². The van der Waals surface area contributed by atoms with Crippen LogP contribution in [0.25, 0.3) is 0 Å². The van der Waals surface area contributed by atoms with E-state index in [1.165, 1.54) is 6.08 Å². The molecular weight excluding hydrogens is 316 g/mol. The Bertz CT molecular complexity index is 825. The lowest BCUT2D eigenvalue weighted by molar-refractivity contribution is -0.114. The van der Waals surface area contributed by atoms with Gasteiger partial charge in [0, 0.05) is 37.6 Å². The number of anilines is 2. The first-order chi connectivity index (χ1) is 12.0. The van der Waals surface area contributed by atoms with E-state index in [4.69, 9.17) is 0 Å². The van der Waals surface area contributed by atoms with Gasteiger partial charge in [-0.3, -0.25) is 14.3 Å². The Morgan fingerprint density at radius 2 is 2.20 bits per heavy atom. The van der Waals surface area contributed by atoms with Gasteiger partial charge in [-0.25, -0.2) is 0 Å². The van der Waals surface area contributed by atoms with Crippen LogP contribution in [0.5, 0.6) is 0 Å². The molecular formula is C19H22N4O2. The van der Waals surface area contributed by atoms with Crippen molar-refractivity contribution in [3.8, 4) is 0 Å². The third kappa shape index (κ3) is 3.20. The molecule has 0 saturated heterocycles. The molecule has 1 aliphatic heterocycles. The molecule has 0 N–H and O–H groups in total. The minimum Gasteiger partial charge on any atom is -0.309 e. The van der Waals surface area contributed by atoms with Gasteiger partial charge < -0.3 is 9.80 Å². The third-order valence-electron chi connectivity index (χ3n) is 4.45. The molecule has 6 nitrogen and oxygen atoms in total. The molecule has 0 fully saturated rings. The summed E-state index contributed by atoms with van der Waals surface area (Å²) in [4.78, 5) is 28.4. The van der Waals surface area contributed by atoms with Crippen LogP contribution in [0.2, 0.25) is 0 Å². The molecule has 130 valence electrons. The molecule has 0 atom stereocenters. The van der Waals surface area contributed by atoms with Crippen molar-refractivity contribution in [1.82, 2.24) is 9.78 Å². The van der Waals surface area contributed by atoms with Crippen molar-refractivity contribution in [1.29, 1.82) is 0 Å². The zero-order valence-electron chi connectivity index (χ0n) is 14.6. The standard InChI is InChI=1S/C19H22N4O2/c1-4-18(24)23-10-6-7-14-11-15(8-9-17(14)23)19(25)22(5-2)16-12-20-21(3)13-16/h4,8-9,11-13H,1,5-7,10H2,2-3H3. The number of carbonyl (C=O) groups excluding carboxylic acids is 2. The Kier molecular flexibility index (Phi) is 4.70. The fourth-order valence-corrected chi connectivity index (χ4v) is 3.22. The number of nitrogens with zero attached hydrogens (tertiary/aromatic N) is 4. The van der Waals surface area contributed by atoms with Crippen LogP contribution in [0.4, 0.5) is 11.4 Å². The van der Waals surface area contributed by atoms with Crippen LogP contribution in [0, 0.1) is 0 Å². The Morgan fingerprint density at radius 1 is 1.40 bits per heavy atom. The van der Waals surface area contributed by atoms with Gasteiger partial charge in [0.25, 0.3) is 5.91 Å². The van der Waals surface area contributed by atoms with E-state index >= 15 is 0 Å². The molecule has 0 unspecified atom stereocenters. The molecule has 1 aromatic carbocycles. The Labute approximate surface area is 147 Å². The van der Waals surface area contributed by atoms with E-state index in [2.05, 4.69) is 11.7 Å². The van der Waals surface area contributed by atoms with Gasteiger partial charge in [-0.2, -0.15) is 5.10 Å². The summed E-state index contributed by atoms with van der Waals surface area (Å²) in [5.41, 5.74) is 3.29. The predicted octanol–water partition coefficient (Wildman–Crippen LogP) is 2.55. The summed E-state index contributed by atoms with van der Waals surface area (Å²) >= 11 is 0. The SMILES string of the molecule is C=CC(=O)N1CCCc2cc(C(=O)N(CC)c3cnn(C)c3)ccc21. The normalized spacial score (nSPS) is 13.3. The number of amides is 2. The minimum atomic E-state index is -0.106. The number of aryl methyl sites for hydroxylation is 2. The van der Waals surface area contributed by atoms with Crippen LogP contribution in [0.15, 0.2) is 43.2 Å². The maximum absolute atomic E-state index is 12.9. The molecule has 0 aliphatic carbocycles. The molecule has 2 aromatic rings.